The molecule has 1 atom stereocenters. The van der Waals surface area contributed by atoms with E-state index >= 15 is 0 Å². The van der Waals surface area contributed by atoms with Crippen LogP contribution in [0.1, 0.15) is 68.4 Å². The van der Waals surface area contributed by atoms with E-state index in [0.717, 1.165) is 12.0 Å². The minimum Gasteiger partial charge on any atom is -0.364 e. The molecule has 2 aromatic carbocycles. The summed E-state index contributed by atoms with van der Waals surface area (Å²) in [4.78, 5) is 14.7. The van der Waals surface area contributed by atoms with Gasteiger partial charge in [-0.1, -0.05) is 24.6 Å². The molecule has 0 spiro atoms. The van der Waals surface area contributed by atoms with Gasteiger partial charge in [0.2, 0.25) is 0 Å². The van der Waals surface area contributed by atoms with Gasteiger partial charge in [-0.3, -0.25) is 4.79 Å². The zero-order chi connectivity index (χ0) is 20.5. The average molecular weight is 398 g/mol. The number of halogens is 1. The first kappa shape index (κ1) is 20.4. The van der Waals surface area contributed by atoms with Gasteiger partial charge in [0, 0.05) is 27.9 Å². The van der Waals surface area contributed by atoms with E-state index in [1.165, 1.54) is 11.3 Å². The van der Waals surface area contributed by atoms with Crippen molar-refractivity contribution >= 4 is 29.4 Å². The van der Waals surface area contributed by atoms with E-state index in [2.05, 4.69) is 68.2 Å². The van der Waals surface area contributed by atoms with Gasteiger partial charge in [0.1, 0.15) is 0 Å². The zero-order valence-corrected chi connectivity index (χ0v) is 17.9. The van der Waals surface area contributed by atoms with Crippen LogP contribution in [0, 0.1) is 0 Å². The number of fused-ring (bicyclic) bond motifs is 1. The lowest BCUT2D eigenvalue weighted by molar-refractivity contribution is 0.0955. The van der Waals surface area contributed by atoms with Gasteiger partial charge in [-0.25, -0.2) is 5.43 Å². The second kappa shape index (κ2) is 7.96. The van der Waals surface area contributed by atoms with Crippen LogP contribution in [-0.2, 0) is 0 Å². The van der Waals surface area contributed by atoms with Gasteiger partial charge >= 0.3 is 0 Å². The van der Waals surface area contributed by atoms with Gasteiger partial charge in [0.05, 0.1) is 6.21 Å². The van der Waals surface area contributed by atoms with Gasteiger partial charge in [-0.2, -0.15) is 5.10 Å². The molecule has 3 rings (SSSR count). The van der Waals surface area contributed by atoms with Gasteiger partial charge in [-0.15, -0.1) is 0 Å². The van der Waals surface area contributed by atoms with Crippen LogP contribution in [0.25, 0.3) is 0 Å². The highest BCUT2D eigenvalue weighted by Gasteiger charge is 2.37. The van der Waals surface area contributed by atoms with E-state index in [1.807, 2.05) is 0 Å². The van der Waals surface area contributed by atoms with Gasteiger partial charge in [-0.05, 0) is 87.6 Å². The van der Waals surface area contributed by atoms with Gasteiger partial charge in [0.15, 0.2) is 0 Å². The monoisotopic (exact) mass is 397 g/mol. The van der Waals surface area contributed by atoms with Gasteiger partial charge in [0.25, 0.3) is 5.91 Å². The second-order valence-electron chi connectivity index (χ2n) is 8.41. The first-order valence-corrected chi connectivity index (χ1v) is 10.1. The number of anilines is 1. The Kier molecular flexibility index (Phi) is 5.80. The third kappa shape index (κ3) is 4.22. The number of hydrogen-bond donors (Lipinski definition) is 1. The minimum absolute atomic E-state index is 0.128. The summed E-state index contributed by atoms with van der Waals surface area (Å²) in [7, 11) is 0. The molecule has 1 amide bonds. The molecule has 0 fully saturated rings. The van der Waals surface area contributed by atoms with Crippen molar-refractivity contribution in [3.05, 3.63) is 64.2 Å². The molecule has 4 nitrogen and oxygen atoms in total. The van der Waals surface area contributed by atoms with Crippen LogP contribution in [-0.4, -0.2) is 23.7 Å². The Bertz CT molecular complexity index is 887. The Hall–Kier alpha value is -2.33. The number of hydrazone groups is 1. The number of carbonyl (C=O) groups excluding carboxylic acids is 1. The van der Waals surface area contributed by atoms with E-state index in [1.54, 1.807) is 30.5 Å². The van der Waals surface area contributed by atoms with Crippen molar-refractivity contribution in [3.63, 3.8) is 0 Å². The third-order valence-electron chi connectivity index (χ3n) is 5.30. The molecule has 0 bridgehead atoms. The van der Waals surface area contributed by atoms with Crippen molar-refractivity contribution in [2.24, 2.45) is 5.10 Å². The molecule has 0 saturated carbocycles. The fraction of sp³-hybridized carbons (Fsp3) is 0.391. The maximum atomic E-state index is 12.1. The van der Waals surface area contributed by atoms with Crippen molar-refractivity contribution in [1.29, 1.82) is 0 Å². The zero-order valence-electron chi connectivity index (χ0n) is 17.2. The fourth-order valence-electron chi connectivity index (χ4n) is 4.36. The number of nitrogens with zero attached hydrogens (tertiary/aromatic N) is 2. The van der Waals surface area contributed by atoms with E-state index < -0.39 is 0 Å². The van der Waals surface area contributed by atoms with E-state index in [9.17, 15) is 4.79 Å². The van der Waals surface area contributed by atoms with Crippen LogP contribution in [0.5, 0.6) is 0 Å². The first-order chi connectivity index (χ1) is 13.2. The van der Waals surface area contributed by atoms with E-state index in [0.29, 0.717) is 22.5 Å². The van der Waals surface area contributed by atoms with Crippen molar-refractivity contribution < 1.29 is 4.79 Å². The number of rotatable bonds is 4. The third-order valence-corrected chi connectivity index (χ3v) is 5.55. The number of amides is 1. The normalized spacial score (nSPS) is 18.4. The number of benzene rings is 2. The molecule has 1 aliphatic rings. The Morgan fingerprint density at radius 1 is 1.25 bits per heavy atom. The molecule has 1 aliphatic heterocycles. The number of carbonyl (C=O) groups is 1. The van der Waals surface area contributed by atoms with Crippen molar-refractivity contribution in [1.82, 2.24) is 5.43 Å². The quantitative estimate of drug-likeness (QED) is 0.538. The minimum atomic E-state index is -0.257. The highest BCUT2D eigenvalue weighted by atomic mass is 35.5. The second-order valence-corrected chi connectivity index (χ2v) is 8.84. The molecule has 0 aliphatic carbocycles. The van der Waals surface area contributed by atoms with Crippen LogP contribution in [0.4, 0.5) is 5.69 Å². The topological polar surface area (TPSA) is 44.7 Å². The van der Waals surface area contributed by atoms with E-state index in [4.69, 9.17) is 11.6 Å². The highest BCUT2D eigenvalue weighted by Crippen LogP contribution is 2.44. The van der Waals surface area contributed by atoms with Crippen LogP contribution >= 0.6 is 11.6 Å². The summed E-state index contributed by atoms with van der Waals surface area (Å²) in [5.74, 6) is 0.212. The summed E-state index contributed by atoms with van der Waals surface area (Å²) in [5.41, 5.74) is 6.83. The average Bonchev–Trinajstić information content (AvgIpc) is 2.61. The molecule has 28 heavy (non-hydrogen) atoms. The summed E-state index contributed by atoms with van der Waals surface area (Å²) >= 11 is 5.85. The molecular formula is C23H28ClN3O. The van der Waals surface area contributed by atoms with Crippen molar-refractivity contribution in [2.45, 2.75) is 58.5 Å². The summed E-state index contributed by atoms with van der Waals surface area (Å²) < 4.78 is 0. The van der Waals surface area contributed by atoms with Crippen LogP contribution in [0.2, 0.25) is 5.02 Å². The lowest BCUT2D eigenvalue weighted by atomic mass is 9.79. The molecule has 0 aromatic heterocycles. The highest BCUT2D eigenvalue weighted by molar-refractivity contribution is 6.30. The molecule has 1 heterocycles. The molecule has 2 aromatic rings. The van der Waals surface area contributed by atoms with E-state index in [-0.39, 0.29) is 11.4 Å². The van der Waals surface area contributed by atoms with Crippen LogP contribution < -0.4 is 10.3 Å². The number of nitrogens with one attached hydrogen (secondary N) is 1. The Morgan fingerprint density at radius 2 is 1.93 bits per heavy atom. The van der Waals surface area contributed by atoms with Gasteiger partial charge < -0.3 is 4.90 Å². The predicted octanol–water partition coefficient (Wildman–Crippen LogP) is 5.60. The maximum Gasteiger partial charge on any atom is 0.271 e. The SMILES string of the molecule is CC1CC(C)(C)N(C(C)C)c2ccc(/C=N/NC(=O)c3ccc(Cl)cc3)cc21. The predicted molar refractivity (Wildman–Crippen MR) is 118 cm³/mol. The van der Waals surface area contributed by atoms with Crippen molar-refractivity contribution in [2.75, 3.05) is 4.90 Å². The Morgan fingerprint density at radius 3 is 2.57 bits per heavy atom. The first-order valence-electron chi connectivity index (χ1n) is 9.71. The summed E-state index contributed by atoms with van der Waals surface area (Å²) in [6.07, 6.45) is 2.80. The summed E-state index contributed by atoms with van der Waals surface area (Å²) in [6, 6.07) is 13.6. The largest absolute Gasteiger partial charge is 0.364 e. The lowest BCUT2D eigenvalue weighted by Gasteiger charge is -2.50. The van der Waals surface area contributed by atoms with Crippen molar-refractivity contribution in [3.8, 4) is 0 Å². The van der Waals surface area contributed by atoms with Crippen LogP contribution in [0.3, 0.4) is 0 Å². The summed E-state index contributed by atoms with van der Waals surface area (Å²) in [5, 5.41) is 4.72. The standard InChI is InChI=1S/C23H28ClN3O/c1-15(2)27-21-11-6-17(12-20(21)16(3)13-23(27,4)5)14-25-26-22(28)18-7-9-19(24)10-8-18/h6-12,14-16H,13H2,1-5H3,(H,26,28)/b25-14+. The Labute approximate surface area is 172 Å². The fourth-order valence-corrected chi connectivity index (χ4v) is 4.49. The molecular weight excluding hydrogens is 370 g/mol. The Balaban J connectivity index is 1.78. The van der Waals surface area contributed by atoms with Crippen LogP contribution in [0.15, 0.2) is 47.6 Å². The molecule has 148 valence electrons. The smallest absolute Gasteiger partial charge is 0.271 e. The summed E-state index contributed by atoms with van der Waals surface area (Å²) in [6.45, 7) is 11.4. The lowest BCUT2D eigenvalue weighted by Crippen LogP contribution is -2.51. The number of hydrogen-bond acceptors (Lipinski definition) is 3. The molecule has 1 unspecified atom stereocenters. The molecule has 0 radical (unpaired) electrons. The maximum absolute atomic E-state index is 12.1. The molecule has 0 saturated heterocycles. The molecule has 1 N–H and O–H groups in total. The molecule has 5 heteroatoms.